The number of nitrogens with zero attached hydrogens (tertiary/aromatic N) is 2. The van der Waals surface area contributed by atoms with E-state index in [-0.39, 0.29) is 24.1 Å². The molecule has 24 heavy (non-hydrogen) atoms. The quantitative estimate of drug-likeness (QED) is 0.936. The van der Waals surface area contributed by atoms with E-state index >= 15 is 0 Å². The molecule has 6 nitrogen and oxygen atoms in total. The topological polar surface area (TPSA) is 83.6 Å². The summed E-state index contributed by atoms with van der Waals surface area (Å²) in [5.74, 6) is -1.42. The standard InChI is InChI=1S/C18H20N2O4/c1-11-3-5-13(6-4-11)15-8-16(24-19-15)17(21)20-9-12(2)7-14(10-20)18(22)23/h3-6,8,12,14H,7,9-10H2,1-2H3,(H,22,23). The van der Waals surface area contributed by atoms with Crippen LogP contribution in [-0.4, -0.2) is 40.1 Å². The first-order valence-corrected chi connectivity index (χ1v) is 8.00. The van der Waals surface area contributed by atoms with Crippen LogP contribution in [0.4, 0.5) is 0 Å². The van der Waals surface area contributed by atoms with Crippen molar-refractivity contribution in [2.75, 3.05) is 13.1 Å². The molecule has 1 N–H and O–H groups in total. The van der Waals surface area contributed by atoms with Gasteiger partial charge in [-0.2, -0.15) is 0 Å². The van der Waals surface area contributed by atoms with E-state index in [0.717, 1.165) is 11.1 Å². The molecule has 1 aliphatic heterocycles. The lowest BCUT2D eigenvalue weighted by Crippen LogP contribution is -2.45. The number of aromatic nitrogens is 1. The van der Waals surface area contributed by atoms with Crippen LogP contribution in [0, 0.1) is 18.8 Å². The Hall–Kier alpha value is -2.63. The molecule has 2 aromatic rings. The van der Waals surface area contributed by atoms with Gasteiger partial charge in [0.25, 0.3) is 5.91 Å². The Morgan fingerprint density at radius 1 is 1.25 bits per heavy atom. The molecule has 1 saturated heterocycles. The molecule has 1 aromatic heterocycles. The van der Waals surface area contributed by atoms with Gasteiger partial charge in [0.2, 0.25) is 5.76 Å². The maximum Gasteiger partial charge on any atom is 0.308 e. The highest BCUT2D eigenvalue weighted by Crippen LogP contribution is 2.25. The Balaban J connectivity index is 1.78. The molecular formula is C18H20N2O4. The third-order valence-corrected chi connectivity index (χ3v) is 4.36. The number of aryl methyl sites for hydroxylation is 1. The SMILES string of the molecule is Cc1ccc(-c2cc(C(=O)N3CC(C)CC(C(=O)O)C3)on2)cc1. The van der Waals surface area contributed by atoms with Crippen molar-refractivity contribution < 1.29 is 19.2 Å². The Morgan fingerprint density at radius 2 is 1.96 bits per heavy atom. The fourth-order valence-electron chi connectivity index (χ4n) is 3.09. The summed E-state index contributed by atoms with van der Waals surface area (Å²) in [4.78, 5) is 25.4. The van der Waals surface area contributed by atoms with E-state index in [0.29, 0.717) is 18.7 Å². The summed E-state index contributed by atoms with van der Waals surface area (Å²) < 4.78 is 5.21. The smallest absolute Gasteiger partial charge is 0.308 e. The van der Waals surface area contributed by atoms with Gasteiger partial charge in [0.1, 0.15) is 5.69 Å². The van der Waals surface area contributed by atoms with E-state index in [1.807, 2.05) is 38.1 Å². The molecule has 0 radical (unpaired) electrons. The van der Waals surface area contributed by atoms with Crippen molar-refractivity contribution in [1.29, 1.82) is 0 Å². The summed E-state index contributed by atoms with van der Waals surface area (Å²) in [5.41, 5.74) is 2.61. The van der Waals surface area contributed by atoms with Crippen molar-refractivity contribution in [2.24, 2.45) is 11.8 Å². The highest BCUT2D eigenvalue weighted by molar-refractivity contribution is 5.92. The van der Waals surface area contributed by atoms with Crippen LogP contribution >= 0.6 is 0 Å². The number of benzene rings is 1. The molecule has 3 rings (SSSR count). The number of likely N-dealkylation sites (tertiary alicyclic amines) is 1. The minimum absolute atomic E-state index is 0.142. The second kappa shape index (κ2) is 6.47. The molecular weight excluding hydrogens is 308 g/mol. The first-order chi connectivity index (χ1) is 11.4. The van der Waals surface area contributed by atoms with Crippen LogP contribution < -0.4 is 0 Å². The molecule has 1 aliphatic rings. The number of carbonyl (C=O) groups excluding carboxylic acids is 1. The van der Waals surface area contributed by atoms with Crippen LogP contribution in [0.3, 0.4) is 0 Å². The van der Waals surface area contributed by atoms with Gasteiger partial charge in [0.05, 0.1) is 5.92 Å². The third-order valence-electron chi connectivity index (χ3n) is 4.36. The number of rotatable bonds is 3. The molecule has 0 aliphatic carbocycles. The van der Waals surface area contributed by atoms with E-state index in [2.05, 4.69) is 5.16 Å². The second-order valence-corrected chi connectivity index (χ2v) is 6.53. The van der Waals surface area contributed by atoms with E-state index in [1.165, 1.54) is 0 Å². The van der Waals surface area contributed by atoms with E-state index in [9.17, 15) is 14.7 Å². The number of hydrogen-bond acceptors (Lipinski definition) is 4. The first-order valence-electron chi connectivity index (χ1n) is 8.00. The van der Waals surface area contributed by atoms with Gasteiger partial charge in [-0.3, -0.25) is 9.59 Å². The second-order valence-electron chi connectivity index (χ2n) is 6.53. The van der Waals surface area contributed by atoms with Gasteiger partial charge < -0.3 is 14.5 Å². The summed E-state index contributed by atoms with van der Waals surface area (Å²) in [5, 5.41) is 13.2. The predicted molar refractivity (Wildman–Crippen MR) is 87.5 cm³/mol. The summed E-state index contributed by atoms with van der Waals surface area (Å²) >= 11 is 0. The zero-order valence-corrected chi connectivity index (χ0v) is 13.7. The van der Waals surface area contributed by atoms with E-state index in [4.69, 9.17) is 4.52 Å². The lowest BCUT2D eigenvalue weighted by molar-refractivity contribution is -0.143. The molecule has 2 atom stereocenters. The Kier molecular flexibility index (Phi) is 4.38. The zero-order chi connectivity index (χ0) is 17.3. The van der Waals surface area contributed by atoms with Gasteiger partial charge in [-0.05, 0) is 19.3 Å². The number of hydrogen-bond donors (Lipinski definition) is 1. The van der Waals surface area contributed by atoms with Crippen molar-refractivity contribution in [2.45, 2.75) is 20.3 Å². The van der Waals surface area contributed by atoms with Crippen LogP contribution in [0.5, 0.6) is 0 Å². The monoisotopic (exact) mass is 328 g/mol. The van der Waals surface area contributed by atoms with Crippen molar-refractivity contribution in [3.05, 3.63) is 41.7 Å². The van der Waals surface area contributed by atoms with E-state index in [1.54, 1.807) is 11.0 Å². The minimum Gasteiger partial charge on any atom is -0.481 e. The summed E-state index contributed by atoms with van der Waals surface area (Å²) in [7, 11) is 0. The van der Waals surface area contributed by atoms with Gasteiger partial charge in [0, 0.05) is 24.7 Å². The largest absolute Gasteiger partial charge is 0.481 e. The lowest BCUT2D eigenvalue weighted by Gasteiger charge is -2.33. The van der Waals surface area contributed by atoms with Crippen molar-refractivity contribution >= 4 is 11.9 Å². The molecule has 2 heterocycles. The maximum absolute atomic E-state index is 12.6. The average molecular weight is 328 g/mol. The number of amides is 1. The average Bonchev–Trinajstić information content (AvgIpc) is 3.04. The summed E-state index contributed by atoms with van der Waals surface area (Å²) in [6.45, 7) is 4.69. The van der Waals surface area contributed by atoms with Gasteiger partial charge in [0.15, 0.2) is 0 Å². The Bertz CT molecular complexity index is 751. The number of carbonyl (C=O) groups is 2. The summed E-state index contributed by atoms with van der Waals surface area (Å²) in [6, 6.07) is 9.39. The molecule has 0 bridgehead atoms. The van der Waals surface area contributed by atoms with Gasteiger partial charge in [-0.25, -0.2) is 0 Å². The highest BCUT2D eigenvalue weighted by atomic mass is 16.5. The number of aliphatic carboxylic acids is 1. The van der Waals surface area contributed by atoms with Gasteiger partial charge in [-0.1, -0.05) is 41.9 Å². The fourth-order valence-corrected chi connectivity index (χ4v) is 3.09. The fraction of sp³-hybridized carbons (Fsp3) is 0.389. The van der Waals surface area contributed by atoms with Gasteiger partial charge in [-0.15, -0.1) is 0 Å². The zero-order valence-electron chi connectivity index (χ0n) is 13.7. The van der Waals surface area contributed by atoms with Crippen LogP contribution in [0.15, 0.2) is 34.9 Å². The van der Waals surface area contributed by atoms with Gasteiger partial charge >= 0.3 is 5.97 Å². The predicted octanol–water partition coefficient (Wildman–Crippen LogP) is 2.83. The normalized spacial score (nSPS) is 20.8. The molecule has 1 amide bonds. The van der Waals surface area contributed by atoms with Crippen LogP contribution in [0.1, 0.15) is 29.5 Å². The summed E-state index contributed by atoms with van der Waals surface area (Å²) in [6.07, 6.45) is 0.587. The minimum atomic E-state index is -0.864. The highest BCUT2D eigenvalue weighted by Gasteiger charge is 2.33. The molecule has 1 aromatic carbocycles. The van der Waals surface area contributed by atoms with Crippen LogP contribution in [0.2, 0.25) is 0 Å². The molecule has 1 fully saturated rings. The van der Waals surface area contributed by atoms with Crippen molar-refractivity contribution in [1.82, 2.24) is 10.1 Å². The van der Waals surface area contributed by atoms with Crippen molar-refractivity contribution in [3.63, 3.8) is 0 Å². The number of carboxylic acids is 1. The third kappa shape index (κ3) is 3.32. The lowest BCUT2D eigenvalue weighted by atomic mass is 9.90. The van der Waals surface area contributed by atoms with E-state index < -0.39 is 11.9 Å². The molecule has 6 heteroatoms. The molecule has 0 saturated carbocycles. The van der Waals surface area contributed by atoms with Crippen molar-refractivity contribution in [3.8, 4) is 11.3 Å². The Labute approximate surface area is 140 Å². The molecule has 0 spiro atoms. The van der Waals surface area contributed by atoms with Crippen LogP contribution in [0.25, 0.3) is 11.3 Å². The van der Waals surface area contributed by atoms with Crippen LogP contribution in [-0.2, 0) is 4.79 Å². The Morgan fingerprint density at radius 3 is 2.62 bits per heavy atom. The number of piperidine rings is 1. The molecule has 2 unspecified atom stereocenters. The maximum atomic E-state index is 12.6. The number of carboxylic acid groups (broad SMARTS) is 1. The first kappa shape index (κ1) is 16.2. The molecule has 126 valence electrons.